The van der Waals surface area contributed by atoms with Gasteiger partial charge in [-0.3, -0.25) is 14.7 Å². The maximum Gasteiger partial charge on any atom is 0.256 e. The fraction of sp³-hybridized carbons (Fsp3) is 0.400. The van der Waals surface area contributed by atoms with Gasteiger partial charge in [0.05, 0.1) is 17.3 Å². The van der Waals surface area contributed by atoms with Crippen molar-refractivity contribution in [2.45, 2.75) is 12.8 Å². The first-order valence-electron chi connectivity index (χ1n) is 7.13. The minimum atomic E-state index is 0.000191. The Bertz CT molecular complexity index is 671. The Morgan fingerprint density at radius 2 is 2.10 bits per heavy atom. The minimum absolute atomic E-state index is 0.000191. The van der Waals surface area contributed by atoms with Crippen molar-refractivity contribution in [1.82, 2.24) is 20.4 Å². The average molecular weight is 286 g/mol. The molecule has 1 aromatic heterocycles. The zero-order chi connectivity index (χ0) is 14.8. The number of hydrogen-bond acceptors (Lipinski definition) is 3. The van der Waals surface area contributed by atoms with E-state index in [-0.39, 0.29) is 17.7 Å². The summed E-state index contributed by atoms with van der Waals surface area (Å²) in [5, 5.41) is 10.5. The summed E-state index contributed by atoms with van der Waals surface area (Å²) in [6.07, 6.45) is 3.14. The smallest absolute Gasteiger partial charge is 0.256 e. The van der Waals surface area contributed by atoms with E-state index in [9.17, 15) is 9.59 Å². The number of aromatic amines is 1. The monoisotopic (exact) mass is 286 g/mol. The van der Waals surface area contributed by atoms with Crippen molar-refractivity contribution in [3.63, 3.8) is 0 Å². The van der Waals surface area contributed by atoms with Crippen LogP contribution in [0.15, 0.2) is 24.4 Å². The fourth-order valence-electron chi connectivity index (χ4n) is 2.87. The van der Waals surface area contributed by atoms with Gasteiger partial charge in [-0.15, -0.1) is 0 Å². The van der Waals surface area contributed by atoms with E-state index in [1.54, 1.807) is 13.2 Å². The number of hydrogen-bond donors (Lipinski definition) is 2. The highest BCUT2D eigenvalue weighted by Crippen LogP contribution is 2.22. The van der Waals surface area contributed by atoms with Crippen LogP contribution in [0.4, 0.5) is 0 Å². The lowest BCUT2D eigenvalue weighted by Gasteiger charge is -2.31. The number of fused-ring (bicyclic) bond motifs is 1. The zero-order valence-electron chi connectivity index (χ0n) is 11.9. The van der Waals surface area contributed by atoms with Gasteiger partial charge in [-0.05, 0) is 18.9 Å². The van der Waals surface area contributed by atoms with Crippen LogP contribution in [0.3, 0.4) is 0 Å². The van der Waals surface area contributed by atoms with E-state index in [2.05, 4.69) is 15.5 Å². The number of H-pyrrole nitrogens is 1. The van der Waals surface area contributed by atoms with Gasteiger partial charge in [0, 0.05) is 31.4 Å². The number of carbonyl (C=O) groups excluding carboxylic acids is 2. The highest BCUT2D eigenvalue weighted by molar-refractivity contribution is 6.05. The highest BCUT2D eigenvalue weighted by Gasteiger charge is 2.28. The summed E-state index contributed by atoms with van der Waals surface area (Å²) in [5.41, 5.74) is 1.42. The van der Waals surface area contributed by atoms with Crippen LogP contribution >= 0.6 is 0 Å². The number of rotatable bonds is 2. The molecule has 6 nitrogen and oxygen atoms in total. The van der Waals surface area contributed by atoms with Gasteiger partial charge in [0.1, 0.15) is 0 Å². The van der Waals surface area contributed by atoms with E-state index in [1.807, 2.05) is 23.1 Å². The van der Waals surface area contributed by atoms with Crippen molar-refractivity contribution in [2.24, 2.45) is 5.92 Å². The molecule has 2 N–H and O–H groups in total. The zero-order valence-corrected chi connectivity index (χ0v) is 11.9. The fourth-order valence-corrected chi connectivity index (χ4v) is 2.87. The third kappa shape index (κ3) is 2.49. The van der Waals surface area contributed by atoms with E-state index in [0.717, 1.165) is 10.9 Å². The molecular weight excluding hydrogens is 268 g/mol. The van der Waals surface area contributed by atoms with E-state index in [0.29, 0.717) is 31.5 Å². The van der Waals surface area contributed by atoms with E-state index < -0.39 is 0 Å². The molecule has 2 heterocycles. The lowest BCUT2D eigenvalue weighted by atomic mass is 9.95. The van der Waals surface area contributed by atoms with E-state index >= 15 is 0 Å². The summed E-state index contributed by atoms with van der Waals surface area (Å²) in [6.45, 7) is 1.23. The third-order valence-corrected chi connectivity index (χ3v) is 4.11. The standard InChI is InChI=1S/C15H18N4O2/c1-16-14(20)10-5-7-19(8-6-10)15(21)12-4-2-3-11-9-17-18-13(11)12/h2-4,9-10H,5-8H2,1H3,(H,16,20)(H,17,18). The average Bonchev–Trinajstić information content (AvgIpc) is 3.02. The molecule has 2 amide bonds. The van der Waals surface area contributed by atoms with Gasteiger partial charge < -0.3 is 10.2 Å². The molecule has 3 rings (SSSR count). The molecule has 0 unspecified atom stereocenters. The predicted molar refractivity (Wildman–Crippen MR) is 78.8 cm³/mol. The molecule has 2 aromatic rings. The second kappa shape index (κ2) is 5.55. The maximum atomic E-state index is 12.6. The van der Waals surface area contributed by atoms with Gasteiger partial charge in [-0.2, -0.15) is 5.10 Å². The van der Waals surface area contributed by atoms with Crippen LogP contribution in [-0.4, -0.2) is 47.0 Å². The molecule has 1 aliphatic rings. The van der Waals surface area contributed by atoms with Crippen molar-refractivity contribution in [3.8, 4) is 0 Å². The topological polar surface area (TPSA) is 78.1 Å². The SMILES string of the molecule is CNC(=O)C1CCN(C(=O)c2cccc3cn[nH]c23)CC1. The second-order valence-electron chi connectivity index (χ2n) is 5.32. The van der Waals surface area contributed by atoms with Crippen molar-refractivity contribution < 1.29 is 9.59 Å². The van der Waals surface area contributed by atoms with Crippen LogP contribution in [0.1, 0.15) is 23.2 Å². The van der Waals surface area contributed by atoms with Crippen molar-refractivity contribution in [3.05, 3.63) is 30.0 Å². The first-order chi connectivity index (χ1) is 10.2. The molecule has 0 atom stereocenters. The van der Waals surface area contributed by atoms with Crippen molar-refractivity contribution in [2.75, 3.05) is 20.1 Å². The molecule has 1 saturated heterocycles. The summed E-state index contributed by atoms with van der Waals surface area (Å²) >= 11 is 0. The van der Waals surface area contributed by atoms with Gasteiger partial charge in [-0.1, -0.05) is 12.1 Å². The van der Waals surface area contributed by atoms with Crippen LogP contribution < -0.4 is 5.32 Å². The highest BCUT2D eigenvalue weighted by atomic mass is 16.2. The Balaban J connectivity index is 1.75. The number of benzene rings is 1. The number of para-hydroxylation sites is 1. The Morgan fingerprint density at radius 3 is 2.81 bits per heavy atom. The molecule has 0 bridgehead atoms. The number of nitrogens with zero attached hydrogens (tertiary/aromatic N) is 2. The lowest BCUT2D eigenvalue weighted by Crippen LogP contribution is -2.42. The Morgan fingerprint density at radius 1 is 1.33 bits per heavy atom. The minimum Gasteiger partial charge on any atom is -0.359 e. The van der Waals surface area contributed by atoms with Crippen molar-refractivity contribution >= 4 is 22.7 Å². The van der Waals surface area contributed by atoms with Gasteiger partial charge in [0.15, 0.2) is 0 Å². The second-order valence-corrected chi connectivity index (χ2v) is 5.32. The molecule has 0 aliphatic carbocycles. The number of aromatic nitrogens is 2. The first-order valence-corrected chi connectivity index (χ1v) is 7.13. The number of likely N-dealkylation sites (tertiary alicyclic amines) is 1. The molecule has 1 fully saturated rings. The van der Waals surface area contributed by atoms with Crippen LogP contribution in [0, 0.1) is 5.92 Å². The number of nitrogens with one attached hydrogen (secondary N) is 2. The Hall–Kier alpha value is -2.37. The predicted octanol–water partition coefficient (Wildman–Crippen LogP) is 1.16. The summed E-state index contributed by atoms with van der Waals surface area (Å²) < 4.78 is 0. The molecular formula is C15H18N4O2. The van der Waals surface area contributed by atoms with E-state index in [1.165, 1.54) is 0 Å². The molecule has 0 radical (unpaired) electrons. The summed E-state index contributed by atoms with van der Waals surface area (Å²) in [5.74, 6) is 0.0833. The van der Waals surface area contributed by atoms with E-state index in [4.69, 9.17) is 0 Å². The van der Waals surface area contributed by atoms with Crippen LogP contribution in [0.5, 0.6) is 0 Å². The number of carbonyl (C=O) groups is 2. The molecule has 1 aliphatic heterocycles. The Kier molecular flexibility index (Phi) is 3.60. The quantitative estimate of drug-likeness (QED) is 0.869. The molecule has 0 saturated carbocycles. The lowest BCUT2D eigenvalue weighted by molar-refractivity contribution is -0.125. The maximum absolute atomic E-state index is 12.6. The summed E-state index contributed by atoms with van der Waals surface area (Å²) in [7, 11) is 1.65. The van der Waals surface area contributed by atoms with Crippen LogP contribution in [0.25, 0.3) is 10.9 Å². The normalized spacial score (nSPS) is 16.1. The van der Waals surface area contributed by atoms with Gasteiger partial charge in [0.2, 0.25) is 5.91 Å². The number of piperidine rings is 1. The molecule has 6 heteroatoms. The van der Waals surface area contributed by atoms with Gasteiger partial charge in [-0.25, -0.2) is 0 Å². The van der Waals surface area contributed by atoms with Gasteiger partial charge >= 0.3 is 0 Å². The molecule has 1 aromatic carbocycles. The molecule has 21 heavy (non-hydrogen) atoms. The largest absolute Gasteiger partial charge is 0.359 e. The number of amides is 2. The van der Waals surface area contributed by atoms with Crippen molar-refractivity contribution in [1.29, 1.82) is 0 Å². The first kappa shape index (κ1) is 13.6. The van der Waals surface area contributed by atoms with Gasteiger partial charge in [0.25, 0.3) is 5.91 Å². The molecule has 110 valence electrons. The van der Waals surface area contributed by atoms with Crippen LogP contribution in [0.2, 0.25) is 0 Å². The van der Waals surface area contributed by atoms with Crippen LogP contribution in [-0.2, 0) is 4.79 Å². The summed E-state index contributed by atoms with van der Waals surface area (Å²) in [6, 6.07) is 5.60. The summed E-state index contributed by atoms with van der Waals surface area (Å²) in [4.78, 5) is 26.1. The molecule has 0 spiro atoms. The Labute approximate surface area is 122 Å². The third-order valence-electron chi connectivity index (χ3n) is 4.11.